The normalized spacial score (nSPS) is 11.0. The van der Waals surface area contributed by atoms with Gasteiger partial charge in [0.2, 0.25) is 0 Å². The van der Waals surface area contributed by atoms with Gasteiger partial charge in [-0.15, -0.1) is 0 Å². The molecule has 1 heterocycles. The van der Waals surface area contributed by atoms with Crippen LogP contribution in [0.3, 0.4) is 0 Å². The maximum atomic E-state index is 10.9. The number of pyridine rings is 1. The average Bonchev–Trinajstić information content (AvgIpc) is 2.56. The lowest BCUT2D eigenvalue weighted by Crippen LogP contribution is -1.95. The number of benzene rings is 2. The lowest BCUT2D eigenvalue weighted by Gasteiger charge is -2.02. The van der Waals surface area contributed by atoms with Gasteiger partial charge in [-0.2, -0.15) is 5.10 Å². The van der Waals surface area contributed by atoms with Gasteiger partial charge >= 0.3 is 0 Å². The van der Waals surface area contributed by atoms with Gasteiger partial charge in [-0.1, -0.05) is 24.3 Å². The van der Waals surface area contributed by atoms with E-state index < -0.39 is 4.92 Å². The number of hydrazone groups is 1. The van der Waals surface area contributed by atoms with Crippen molar-refractivity contribution in [2.24, 2.45) is 5.10 Å². The van der Waals surface area contributed by atoms with Crippen LogP contribution in [-0.2, 0) is 0 Å². The van der Waals surface area contributed by atoms with Crippen LogP contribution >= 0.6 is 15.9 Å². The Morgan fingerprint density at radius 3 is 2.83 bits per heavy atom. The van der Waals surface area contributed by atoms with Crippen molar-refractivity contribution in [2.45, 2.75) is 0 Å². The van der Waals surface area contributed by atoms with Gasteiger partial charge in [-0.25, -0.2) is 4.98 Å². The summed E-state index contributed by atoms with van der Waals surface area (Å²) in [5.74, 6) is 0.603. The van der Waals surface area contributed by atoms with Gasteiger partial charge in [-0.05, 0) is 40.2 Å². The van der Waals surface area contributed by atoms with Crippen molar-refractivity contribution in [1.29, 1.82) is 0 Å². The summed E-state index contributed by atoms with van der Waals surface area (Å²) >= 11 is 3.15. The number of rotatable bonds is 4. The van der Waals surface area contributed by atoms with Crippen LogP contribution in [-0.4, -0.2) is 16.1 Å². The summed E-state index contributed by atoms with van der Waals surface area (Å²) in [7, 11) is 0. The molecule has 0 fully saturated rings. The van der Waals surface area contributed by atoms with Crippen LogP contribution in [0.1, 0.15) is 5.56 Å². The SMILES string of the molecule is O=[N+]([O-])c1cc(C=NNc2ccc3ccccc3n2)ccc1Br. The second-order valence-corrected chi connectivity index (χ2v) is 5.58. The monoisotopic (exact) mass is 370 g/mol. The highest BCUT2D eigenvalue weighted by molar-refractivity contribution is 9.10. The summed E-state index contributed by atoms with van der Waals surface area (Å²) in [4.78, 5) is 14.9. The zero-order valence-corrected chi connectivity index (χ0v) is 13.4. The Kier molecular flexibility index (Phi) is 4.29. The van der Waals surface area contributed by atoms with Crippen LogP contribution in [0.2, 0.25) is 0 Å². The third kappa shape index (κ3) is 3.51. The Labute approximate surface area is 140 Å². The highest BCUT2D eigenvalue weighted by Gasteiger charge is 2.11. The largest absolute Gasteiger partial charge is 0.284 e. The Bertz CT molecular complexity index is 911. The predicted molar refractivity (Wildman–Crippen MR) is 93.8 cm³/mol. The minimum atomic E-state index is -0.445. The Balaban J connectivity index is 1.77. The fraction of sp³-hybridized carbons (Fsp3) is 0. The molecule has 0 saturated heterocycles. The van der Waals surface area contributed by atoms with E-state index in [-0.39, 0.29) is 5.69 Å². The van der Waals surface area contributed by atoms with Gasteiger partial charge in [-0.3, -0.25) is 15.5 Å². The fourth-order valence-electron chi connectivity index (χ4n) is 2.05. The van der Waals surface area contributed by atoms with E-state index >= 15 is 0 Å². The summed E-state index contributed by atoms with van der Waals surface area (Å²) in [5.41, 5.74) is 4.31. The topological polar surface area (TPSA) is 80.4 Å². The highest BCUT2D eigenvalue weighted by atomic mass is 79.9. The van der Waals surface area contributed by atoms with E-state index in [0.717, 1.165) is 10.9 Å². The lowest BCUT2D eigenvalue weighted by molar-refractivity contribution is -0.385. The number of nitro benzene ring substituents is 1. The van der Waals surface area contributed by atoms with E-state index in [0.29, 0.717) is 15.9 Å². The van der Waals surface area contributed by atoms with Crippen molar-refractivity contribution in [3.63, 3.8) is 0 Å². The van der Waals surface area contributed by atoms with E-state index in [1.807, 2.05) is 36.4 Å². The molecule has 0 aliphatic heterocycles. The molecule has 0 saturated carbocycles. The molecule has 0 atom stereocenters. The number of nitrogens with one attached hydrogen (secondary N) is 1. The number of aromatic nitrogens is 1. The molecule has 1 N–H and O–H groups in total. The first-order valence-corrected chi connectivity index (χ1v) is 7.51. The molecule has 1 aromatic heterocycles. The van der Waals surface area contributed by atoms with Crippen molar-refractivity contribution in [1.82, 2.24) is 4.98 Å². The Morgan fingerprint density at radius 2 is 2.00 bits per heavy atom. The third-order valence-electron chi connectivity index (χ3n) is 3.16. The lowest BCUT2D eigenvalue weighted by atomic mass is 10.2. The molecule has 6 nitrogen and oxygen atoms in total. The second-order valence-electron chi connectivity index (χ2n) is 4.73. The number of nitro groups is 1. The molecule has 0 aliphatic carbocycles. The van der Waals surface area contributed by atoms with Crippen LogP contribution < -0.4 is 5.43 Å². The number of hydrogen-bond donors (Lipinski definition) is 1. The van der Waals surface area contributed by atoms with Crippen molar-refractivity contribution in [3.05, 3.63) is 74.7 Å². The molecule has 0 amide bonds. The molecule has 3 aromatic rings. The molecular weight excluding hydrogens is 360 g/mol. The molecule has 7 heteroatoms. The minimum absolute atomic E-state index is 0.00206. The first-order chi connectivity index (χ1) is 11.1. The molecule has 0 radical (unpaired) electrons. The van der Waals surface area contributed by atoms with E-state index in [9.17, 15) is 10.1 Å². The first kappa shape index (κ1) is 15.1. The highest BCUT2D eigenvalue weighted by Crippen LogP contribution is 2.25. The average molecular weight is 371 g/mol. The maximum absolute atomic E-state index is 10.9. The maximum Gasteiger partial charge on any atom is 0.284 e. The predicted octanol–water partition coefficient (Wildman–Crippen LogP) is 4.35. The van der Waals surface area contributed by atoms with Crippen molar-refractivity contribution in [3.8, 4) is 0 Å². The number of para-hydroxylation sites is 1. The molecule has 3 rings (SSSR count). The van der Waals surface area contributed by atoms with Crippen LogP contribution in [0, 0.1) is 10.1 Å². The number of hydrogen-bond acceptors (Lipinski definition) is 5. The number of halogens is 1. The number of anilines is 1. The van der Waals surface area contributed by atoms with Gasteiger partial charge in [0.1, 0.15) is 5.82 Å². The molecule has 23 heavy (non-hydrogen) atoms. The van der Waals surface area contributed by atoms with E-state index in [2.05, 4.69) is 31.4 Å². The minimum Gasteiger partial charge on any atom is -0.261 e. The summed E-state index contributed by atoms with van der Waals surface area (Å²) < 4.78 is 0.434. The van der Waals surface area contributed by atoms with Crippen LogP contribution in [0.15, 0.2) is 64.2 Å². The molecule has 114 valence electrons. The zero-order valence-electron chi connectivity index (χ0n) is 11.8. The van der Waals surface area contributed by atoms with Gasteiger partial charge in [0.25, 0.3) is 5.69 Å². The van der Waals surface area contributed by atoms with Crippen LogP contribution in [0.4, 0.5) is 11.5 Å². The third-order valence-corrected chi connectivity index (χ3v) is 3.83. The van der Waals surface area contributed by atoms with Crippen molar-refractivity contribution in [2.75, 3.05) is 5.43 Å². The number of nitrogens with zero attached hydrogens (tertiary/aromatic N) is 3. The Morgan fingerprint density at radius 1 is 1.17 bits per heavy atom. The zero-order chi connectivity index (χ0) is 16.2. The van der Waals surface area contributed by atoms with Crippen molar-refractivity contribution < 1.29 is 4.92 Å². The van der Waals surface area contributed by atoms with Gasteiger partial charge in [0.05, 0.1) is 21.1 Å². The molecular formula is C16H11BrN4O2. The smallest absolute Gasteiger partial charge is 0.261 e. The molecule has 0 unspecified atom stereocenters. The second kappa shape index (κ2) is 6.53. The molecule has 2 aromatic carbocycles. The fourth-order valence-corrected chi connectivity index (χ4v) is 2.44. The van der Waals surface area contributed by atoms with Crippen LogP contribution in [0.5, 0.6) is 0 Å². The van der Waals surface area contributed by atoms with Crippen molar-refractivity contribution >= 4 is 44.6 Å². The standard InChI is InChI=1S/C16H11BrN4O2/c17-13-7-5-11(9-15(13)21(22)23)10-18-20-16-8-6-12-3-1-2-4-14(12)19-16/h1-10H,(H,19,20). The summed E-state index contributed by atoms with van der Waals surface area (Å²) in [5, 5.41) is 16.0. The molecule has 0 bridgehead atoms. The summed E-state index contributed by atoms with van der Waals surface area (Å²) in [6.07, 6.45) is 1.51. The Hall–Kier alpha value is -2.80. The van der Waals surface area contributed by atoms with E-state index in [1.165, 1.54) is 12.3 Å². The molecule has 0 aliphatic rings. The summed E-state index contributed by atoms with van der Waals surface area (Å²) in [6, 6.07) is 16.3. The van der Waals surface area contributed by atoms with Gasteiger partial charge in [0, 0.05) is 17.0 Å². The van der Waals surface area contributed by atoms with Gasteiger partial charge in [0.15, 0.2) is 0 Å². The first-order valence-electron chi connectivity index (χ1n) is 6.72. The quantitative estimate of drug-likeness (QED) is 0.420. The summed E-state index contributed by atoms with van der Waals surface area (Å²) in [6.45, 7) is 0. The van der Waals surface area contributed by atoms with Gasteiger partial charge < -0.3 is 0 Å². The molecule has 0 spiro atoms. The van der Waals surface area contributed by atoms with E-state index in [1.54, 1.807) is 12.1 Å². The van der Waals surface area contributed by atoms with E-state index in [4.69, 9.17) is 0 Å². The van der Waals surface area contributed by atoms with Crippen LogP contribution in [0.25, 0.3) is 10.9 Å². The number of fused-ring (bicyclic) bond motifs is 1.